The summed E-state index contributed by atoms with van der Waals surface area (Å²) < 4.78 is 6.13. The van der Waals surface area contributed by atoms with Gasteiger partial charge in [0.05, 0.1) is 17.8 Å². The number of benzene rings is 2. The van der Waals surface area contributed by atoms with E-state index in [1.165, 1.54) is 18.4 Å². The molecule has 0 bridgehead atoms. The van der Waals surface area contributed by atoms with Crippen LogP contribution in [-0.4, -0.2) is 13.0 Å². The van der Waals surface area contributed by atoms with Crippen molar-refractivity contribution in [2.45, 2.75) is 31.7 Å². The van der Waals surface area contributed by atoms with E-state index in [4.69, 9.17) is 22.1 Å². The summed E-state index contributed by atoms with van der Waals surface area (Å²) in [5.74, 6) is 0.838. The van der Waals surface area contributed by atoms with Crippen LogP contribution in [0, 0.1) is 6.92 Å². The highest BCUT2D eigenvalue weighted by molar-refractivity contribution is 9.10. The van der Waals surface area contributed by atoms with Gasteiger partial charge in [-0.15, -0.1) is 0 Å². The van der Waals surface area contributed by atoms with Gasteiger partial charge in [-0.3, -0.25) is 4.79 Å². The summed E-state index contributed by atoms with van der Waals surface area (Å²) in [6.07, 6.45) is 2.41. The Hall–Kier alpha value is -1.56. The highest BCUT2D eigenvalue weighted by atomic mass is 79.9. The topological polar surface area (TPSA) is 64.3 Å². The second kappa shape index (κ2) is 7.36. The smallest absolute Gasteiger partial charge is 0.246 e. The van der Waals surface area contributed by atoms with Gasteiger partial charge in [0.2, 0.25) is 5.91 Å². The van der Waals surface area contributed by atoms with Gasteiger partial charge in [0.15, 0.2) is 0 Å². The predicted octanol–water partition coefficient (Wildman–Crippen LogP) is 4.94. The molecule has 0 saturated heterocycles. The van der Waals surface area contributed by atoms with Gasteiger partial charge >= 0.3 is 0 Å². The van der Waals surface area contributed by atoms with Crippen LogP contribution in [0.3, 0.4) is 0 Å². The predicted molar refractivity (Wildman–Crippen MR) is 104 cm³/mol. The number of amides is 1. The first-order chi connectivity index (χ1) is 11.9. The van der Waals surface area contributed by atoms with Gasteiger partial charge in [-0.2, -0.15) is 0 Å². The third kappa shape index (κ3) is 4.00. The van der Waals surface area contributed by atoms with Crippen LogP contribution in [0.4, 0.5) is 5.69 Å². The van der Waals surface area contributed by atoms with Crippen LogP contribution in [0.5, 0.6) is 5.75 Å². The summed E-state index contributed by atoms with van der Waals surface area (Å²) in [4.78, 5) is 12.6. The van der Waals surface area contributed by atoms with Crippen LogP contribution in [0.15, 0.2) is 34.8 Å². The molecule has 0 aliphatic heterocycles. The van der Waals surface area contributed by atoms with Crippen LogP contribution in [0.2, 0.25) is 5.02 Å². The van der Waals surface area contributed by atoms with Crippen molar-refractivity contribution in [3.05, 3.63) is 56.5 Å². The molecule has 4 nitrogen and oxygen atoms in total. The largest absolute Gasteiger partial charge is 0.496 e. The highest BCUT2D eigenvalue weighted by Crippen LogP contribution is 2.43. The number of carbonyl (C=O) groups excluding carboxylic acids is 1. The number of hydrogen-bond donors (Lipinski definition) is 2. The van der Waals surface area contributed by atoms with Gasteiger partial charge in [-0.1, -0.05) is 27.5 Å². The number of methoxy groups -OCH3 is 1. The average Bonchev–Trinajstić information content (AvgIpc) is 3.41. The molecular formula is C19H20BrClN2O2. The fourth-order valence-corrected chi connectivity index (χ4v) is 3.52. The maximum atomic E-state index is 12.6. The van der Waals surface area contributed by atoms with Gasteiger partial charge in [0.25, 0.3) is 0 Å². The zero-order valence-corrected chi connectivity index (χ0v) is 16.4. The van der Waals surface area contributed by atoms with Crippen LogP contribution in [0.25, 0.3) is 0 Å². The lowest BCUT2D eigenvalue weighted by Gasteiger charge is -2.17. The molecule has 1 aliphatic rings. The molecule has 0 spiro atoms. The molecule has 1 unspecified atom stereocenters. The van der Waals surface area contributed by atoms with Gasteiger partial charge in [-0.25, -0.2) is 0 Å². The minimum absolute atomic E-state index is 0.336. The molecule has 1 atom stereocenters. The molecule has 2 aromatic rings. The number of halogens is 2. The monoisotopic (exact) mass is 422 g/mol. The number of hydrogen-bond acceptors (Lipinski definition) is 3. The lowest BCUT2D eigenvalue weighted by molar-refractivity contribution is -0.117. The van der Waals surface area contributed by atoms with Crippen molar-refractivity contribution >= 4 is 39.1 Å². The van der Waals surface area contributed by atoms with Crippen molar-refractivity contribution in [2.75, 3.05) is 12.4 Å². The number of carbonyl (C=O) groups is 1. The number of aryl methyl sites for hydroxylation is 1. The number of rotatable bonds is 5. The van der Waals surface area contributed by atoms with Crippen LogP contribution in [-0.2, 0) is 4.79 Å². The lowest BCUT2D eigenvalue weighted by atomic mass is 10.0. The minimum atomic E-state index is -0.869. The van der Waals surface area contributed by atoms with Crippen molar-refractivity contribution in [3.63, 3.8) is 0 Å². The summed E-state index contributed by atoms with van der Waals surface area (Å²) >= 11 is 9.76. The number of ether oxygens (including phenoxy) is 1. The SMILES string of the molecule is COc1ccc(Br)cc1C(N)C(=O)Nc1cc(C)c(C2CC2)cc1Cl. The van der Waals surface area contributed by atoms with Crippen molar-refractivity contribution in [1.29, 1.82) is 0 Å². The molecule has 0 aromatic heterocycles. The molecule has 6 heteroatoms. The Bertz CT molecular complexity index is 821. The molecular weight excluding hydrogens is 404 g/mol. The molecule has 1 aliphatic carbocycles. The van der Waals surface area contributed by atoms with E-state index in [0.29, 0.717) is 27.9 Å². The average molecular weight is 424 g/mol. The third-order valence-corrected chi connectivity index (χ3v) is 5.25. The Balaban J connectivity index is 1.82. The standard InChI is InChI=1S/C19H20BrClN2O2/c1-10-7-16(15(21)9-13(10)11-3-4-11)23-19(24)18(22)14-8-12(20)5-6-17(14)25-2/h5-9,11,18H,3-4,22H2,1-2H3,(H,23,24). The normalized spacial score (nSPS) is 14.9. The summed E-state index contributed by atoms with van der Waals surface area (Å²) in [5, 5.41) is 3.38. The zero-order valence-electron chi connectivity index (χ0n) is 14.1. The van der Waals surface area contributed by atoms with E-state index in [2.05, 4.69) is 21.2 Å². The van der Waals surface area contributed by atoms with E-state index < -0.39 is 6.04 Å². The molecule has 25 heavy (non-hydrogen) atoms. The zero-order chi connectivity index (χ0) is 18.1. The summed E-state index contributed by atoms with van der Waals surface area (Å²) in [6, 6.07) is 8.39. The molecule has 1 amide bonds. The Morgan fingerprint density at radius 1 is 1.36 bits per heavy atom. The van der Waals surface area contributed by atoms with Crippen LogP contribution in [0.1, 0.15) is 41.5 Å². The van der Waals surface area contributed by atoms with E-state index in [9.17, 15) is 4.79 Å². The maximum Gasteiger partial charge on any atom is 0.246 e. The maximum absolute atomic E-state index is 12.6. The first-order valence-corrected chi connectivity index (χ1v) is 9.27. The second-order valence-corrected chi connectivity index (χ2v) is 7.64. The number of anilines is 1. The lowest BCUT2D eigenvalue weighted by Crippen LogP contribution is -2.28. The fourth-order valence-electron chi connectivity index (χ4n) is 2.93. The van der Waals surface area contributed by atoms with E-state index in [-0.39, 0.29) is 5.91 Å². The molecule has 1 fully saturated rings. The minimum Gasteiger partial charge on any atom is -0.496 e. The molecule has 0 radical (unpaired) electrons. The van der Waals surface area contributed by atoms with E-state index >= 15 is 0 Å². The van der Waals surface area contributed by atoms with Crippen molar-refractivity contribution in [2.24, 2.45) is 5.73 Å². The van der Waals surface area contributed by atoms with Gasteiger partial charge in [0.1, 0.15) is 11.8 Å². The molecule has 3 rings (SSSR count). The summed E-state index contributed by atoms with van der Waals surface area (Å²) in [7, 11) is 1.55. The Morgan fingerprint density at radius 2 is 2.08 bits per heavy atom. The van der Waals surface area contributed by atoms with Gasteiger partial charge in [-0.05, 0) is 67.1 Å². The van der Waals surface area contributed by atoms with Gasteiger partial charge in [0, 0.05) is 10.0 Å². The van der Waals surface area contributed by atoms with Gasteiger partial charge < -0.3 is 15.8 Å². The van der Waals surface area contributed by atoms with E-state index in [1.807, 2.05) is 25.1 Å². The Labute approximate surface area is 160 Å². The number of nitrogens with one attached hydrogen (secondary N) is 1. The molecule has 0 heterocycles. The molecule has 3 N–H and O–H groups in total. The van der Waals surface area contributed by atoms with Crippen molar-refractivity contribution in [3.8, 4) is 5.75 Å². The van der Waals surface area contributed by atoms with Crippen LogP contribution >= 0.6 is 27.5 Å². The van der Waals surface area contributed by atoms with E-state index in [1.54, 1.807) is 19.2 Å². The molecule has 1 saturated carbocycles. The van der Waals surface area contributed by atoms with Crippen molar-refractivity contribution in [1.82, 2.24) is 0 Å². The first-order valence-electron chi connectivity index (χ1n) is 8.10. The van der Waals surface area contributed by atoms with E-state index in [0.717, 1.165) is 10.0 Å². The fraction of sp³-hybridized carbons (Fsp3) is 0.316. The Kier molecular flexibility index (Phi) is 5.37. The highest BCUT2D eigenvalue weighted by Gasteiger charge is 2.27. The summed E-state index contributed by atoms with van der Waals surface area (Å²) in [6.45, 7) is 2.04. The summed E-state index contributed by atoms with van der Waals surface area (Å²) in [5.41, 5.74) is 9.74. The van der Waals surface area contributed by atoms with Crippen molar-refractivity contribution < 1.29 is 9.53 Å². The Morgan fingerprint density at radius 3 is 2.72 bits per heavy atom. The van der Waals surface area contributed by atoms with Crippen LogP contribution < -0.4 is 15.8 Å². The third-order valence-electron chi connectivity index (χ3n) is 4.44. The first kappa shape index (κ1) is 18.2. The number of nitrogens with two attached hydrogens (primary N) is 1. The molecule has 2 aromatic carbocycles. The molecule has 132 valence electrons. The second-order valence-electron chi connectivity index (χ2n) is 6.32. The quantitative estimate of drug-likeness (QED) is 0.716.